The summed E-state index contributed by atoms with van der Waals surface area (Å²) in [5, 5.41) is 12.7. The number of carbonyl (C=O) groups is 1. The fourth-order valence-corrected chi connectivity index (χ4v) is 2.11. The predicted octanol–water partition coefficient (Wildman–Crippen LogP) is 3.12. The Kier molecular flexibility index (Phi) is 4.48. The molecule has 106 valence electrons. The van der Waals surface area contributed by atoms with E-state index in [4.69, 9.17) is 5.53 Å². The molecule has 1 heterocycles. The fourth-order valence-electron chi connectivity index (χ4n) is 2.11. The molecule has 0 saturated carbocycles. The molecule has 0 radical (unpaired) electrons. The van der Waals surface area contributed by atoms with Crippen LogP contribution in [-0.4, -0.2) is 22.1 Å². The van der Waals surface area contributed by atoms with E-state index in [2.05, 4.69) is 15.0 Å². The van der Waals surface area contributed by atoms with Crippen molar-refractivity contribution in [2.75, 3.05) is 0 Å². The zero-order valence-corrected chi connectivity index (χ0v) is 10.8. The van der Waals surface area contributed by atoms with Gasteiger partial charge in [-0.15, -0.1) is 0 Å². The van der Waals surface area contributed by atoms with Gasteiger partial charge in [0.15, 0.2) is 0 Å². The number of rotatable bonds is 5. The normalized spacial score (nSPS) is 13.0. The molecule has 2 atom stereocenters. The maximum absolute atomic E-state index is 13.1. The summed E-state index contributed by atoms with van der Waals surface area (Å²) in [7, 11) is 0. The van der Waals surface area contributed by atoms with Crippen molar-refractivity contribution in [1.29, 1.82) is 0 Å². The minimum absolute atomic E-state index is 0.428. The van der Waals surface area contributed by atoms with Crippen LogP contribution in [0.25, 0.3) is 10.4 Å². The monoisotopic (exact) mass is 286 g/mol. The van der Waals surface area contributed by atoms with Gasteiger partial charge in [0.25, 0.3) is 0 Å². The molecule has 21 heavy (non-hydrogen) atoms. The number of nitrogens with zero attached hydrogens (tertiary/aromatic N) is 4. The summed E-state index contributed by atoms with van der Waals surface area (Å²) in [5.41, 5.74) is 9.76. The van der Waals surface area contributed by atoms with Crippen molar-refractivity contribution >= 4 is 5.97 Å². The first-order valence-electron chi connectivity index (χ1n) is 6.06. The molecule has 0 unspecified atom stereocenters. The summed E-state index contributed by atoms with van der Waals surface area (Å²) in [5.74, 6) is -2.40. The summed E-state index contributed by atoms with van der Waals surface area (Å²) in [6.07, 6.45) is 3.03. The molecular weight excluding hydrogens is 275 g/mol. The van der Waals surface area contributed by atoms with Gasteiger partial charge < -0.3 is 5.11 Å². The van der Waals surface area contributed by atoms with E-state index in [1.165, 1.54) is 36.7 Å². The molecule has 0 amide bonds. The predicted molar refractivity (Wildman–Crippen MR) is 73.0 cm³/mol. The topological polar surface area (TPSA) is 99.0 Å². The second-order valence-electron chi connectivity index (χ2n) is 4.30. The second-order valence-corrected chi connectivity index (χ2v) is 4.30. The highest BCUT2D eigenvalue weighted by Gasteiger charge is 2.30. The summed E-state index contributed by atoms with van der Waals surface area (Å²) in [6, 6.07) is 7.36. The average molecular weight is 286 g/mol. The molecular formula is C14H11FN4O2. The van der Waals surface area contributed by atoms with Gasteiger partial charge in [-0.1, -0.05) is 17.2 Å². The number of halogens is 1. The van der Waals surface area contributed by atoms with Gasteiger partial charge in [0.1, 0.15) is 11.9 Å². The molecule has 1 aromatic carbocycles. The second kappa shape index (κ2) is 6.49. The van der Waals surface area contributed by atoms with Crippen LogP contribution in [0.1, 0.15) is 17.0 Å². The smallest absolute Gasteiger partial charge is 0.313 e. The van der Waals surface area contributed by atoms with Crippen LogP contribution in [0.3, 0.4) is 0 Å². The number of azide groups is 1. The van der Waals surface area contributed by atoms with E-state index < -0.39 is 23.7 Å². The van der Waals surface area contributed by atoms with Gasteiger partial charge in [-0.05, 0) is 40.9 Å². The molecule has 2 rings (SSSR count). The molecule has 0 bridgehead atoms. The molecule has 0 aliphatic rings. The number of aromatic nitrogens is 1. The third-order valence-corrected chi connectivity index (χ3v) is 3.04. The van der Waals surface area contributed by atoms with Crippen molar-refractivity contribution in [1.82, 2.24) is 4.98 Å². The highest BCUT2D eigenvalue weighted by atomic mass is 19.1. The van der Waals surface area contributed by atoms with E-state index in [1.807, 2.05) is 0 Å². The van der Waals surface area contributed by atoms with Crippen LogP contribution in [0, 0.1) is 5.82 Å². The van der Waals surface area contributed by atoms with Gasteiger partial charge in [0, 0.05) is 23.2 Å². The lowest BCUT2D eigenvalue weighted by Gasteiger charge is -2.21. The standard InChI is InChI=1S/C14H11FN4O2/c15-11-3-1-9(2-4-11)12(10-5-7-17-8-6-10)13(14(20)21)18-19-16/h1-8,12-13H,(H,20,21)/t12-,13+/m1/s1. The zero-order valence-electron chi connectivity index (χ0n) is 10.8. The lowest BCUT2D eigenvalue weighted by Crippen LogP contribution is -2.26. The van der Waals surface area contributed by atoms with Gasteiger partial charge in [0.2, 0.25) is 0 Å². The highest BCUT2D eigenvalue weighted by molar-refractivity contribution is 5.76. The van der Waals surface area contributed by atoms with E-state index in [0.717, 1.165) is 0 Å². The number of hydrogen-bond donors (Lipinski definition) is 1. The SMILES string of the molecule is [N-]=[N+]=N[C@H](C(=O)O)[C@@H](c1ccncc1)c1ccc(F)cc1. The molecule has 6 nitrogen and oxygen atoms in total. The largest absolute Gasteiger partial charge is 0.481 e. The lowest BCUT2D eigenvalue weighted by molar-refractivity contribution is -0.138. The Bertz CT molecular complexity index is 667. The molecule has 0 fully saturated rings. The van der Waals surface area contributed by atoms with Gasteiger partial charge in [-0.25, -0.2) is 4.39 Å². The van der Waals surface area contributed by atoms with Crippen molar-refractivity contribution in [3.8, 4) is 0 Å². The van der Waals surface area contributed by atoms with Crippen molar-refractivity contribution in [2.24, 2.45) is 5.11 Å². The summed E-state index contributed by atoms with van der Waals surface area (Å²) in [4.78, 5) is 17.9. The fraction of sp³-hybridized carbons (Fsp3) is 0.143. The van der Waals surface area contributed by atoms with Crippen molar-refractivity contribution in [2.45, 2.75) is 12.0 Å². The van der Waals surface area contributed by atoms with Crippen molar-refractivity contribution in [3.05, 3.63) is 76.2 Å². The first-order valence-corrected chi connectivity index (χ1v) is 6.06. The van der Waals surface area contributed by atoms with Gasteiger partial charge in [0.05, 0.1) is 0 Å². The lowest BCUT2D eigenvalue weighted by atomic mass is 9.86. The molecule has 0 aliphatic heterocycles. The molecule has 1 aromatic heterocycles. The van der Waals surface area contributed by atoms with Gasteiger partial charge in [-0.2, -0.15) is 0 Å². The van der Waals surface area contributed by atoms with Gasteiger partial charge in [-0.3, -0.25) is 9.78 Å². The highest BCUT2D eigenvalue weighted by Crippen LogP contribution is 2.30. The zero-order chi connectivity index (χ0) is 15.2. The Hall–Kier alpha value is -2.92. The molecule has 0 aliphatic carbocycles. The number of pyridine rings is 1. The molecule has 1 N–H and O–H groups in total. The first-order chi connectivity index (χ1) is 10.1. The van der Waals surface area contributed by atoms with E-state index in [0.29, 0.717) is 11.1 Å². The van der Waals surface area contributed by atoms with Gasteiger partial charge >= 0.3 is 5.97 Å². The minimum Gasteiger partial charge on any atom is -0.481 e. The number of hydrogen-bond acceptors (Lipinski definition) is 3. The third kappa shape index (κ3) is 3.34. The first kappa shape index (κ1) is 14.5. The van der Waals surface area contributed by atoms with Crippen LogP contribution in [0.4, 0.5) is 4.39 Å². The van der Waals surface area contributed by atoms with Crippen LogP contribution in [0.15, 0.2) is 53.9 Å². The molecule has 0 saturated heterocycles. The molecule has 7 heteroatoms. The number of carboxylic acid groups (broad SMARTS) is 1. The Labute approximate surface area is 119 Å². The molecule has 2 aromatic rings. The summed E-state index contributed by atoms with van der Waals surface area (Å²) < 4.78 is 13.1. The van der Waals surface area contributed by atoms with Crippen molar-refractivity contribution < 1.29 is 14.3 Å². The van der Waals surface area contributed by atoms with E-state index in [1.54, 1.807) is 12.1 Å². The minimum atomic E-state index is -1.33. The Morgan fingerprint density at radius 3 is 2.29 bits per heavy atom. The Balaban J connectivity index is 2.55. The van der Waals surface area contributed by atoms with Crippen molar-refractivity contribution in [3.63, 3.8) is 0 Å². The molecule has 0 spiro atoms. The maximum Gasteiger partial charge on any atom is 0.313 e. The van der Waals surface area contributed by atoms with Crippen LogP contribution < -0.4 is 0 Å². The third-order valence-electron chi connectivity index (χ3n) is 3.04. The van der Waals surface area contributed by atoms with E-state index in [-0.39, 0.29) is 0 Å². The Morgan fingerprint density at radius 1 is 1.19 bits per heavy atom. The van der Waals surface area contributed by atoms with E-state index >= 15 is 0 Å². The average Bonchev–Trinajstić information content (AvgIpc) is 2.49. The van der Waals surface area contributed by atoms with E-state index in [9.17, 15) is 14.3 Å². The summed E-state index contributed by atoms with van der Waals surface area (Å²) >= 11 is 0. The Morgan fingerprint density at radius 2 is 1.76 bits per heavy atom. The maximum atomic E-state index is 13.1. The van der Waals surface area contributed by atoms with Crippen LogP contribution in [0.5, 0.6) is 0 Å². The van der Waals surface area contributed by atoms with Crippen LogP contribution in [-0.2, 0) is 4.79 Å². The van der Waals surface area contributed by atoms with Crippen LogP contribution >= 0.6 is 0 Å². The number of aliphatic carboxylic acids is 1. The quantitative estimate of drug-likeness (QED) is 0.519. The van der Waals surface area contributed by atoms with Crippen LogP contribution in [0.2, 0.25) is 0 Å². The number of carboxylic acids is 1. The number of benzene rings is 1. The summed E-state index contributed by atoms with van der Waals surface area (Å²) in [6.45, 7) is 0.